The largest absolute Gasteiger partial charge is 0.490 e. The van der Waals surface area contributed by atoms with E-state index >= 15 is 0 Å². The highest BCUT2D eigenvalue weighted by Gasteiger charge is 2.04. The number of aliphatic carboxylic acids is 1. The fourth-order valence-electron chi connectivity index (χ4n) is 1.33. The van der Waals surface area contributed by atoms with Gasteiger partial charge in [0.15, 0.2) is 0 Å². The molecule has 0 aliphatic rings. The van der Waals surface area contributed by atoms with E-state index in [0.29, 0.717) is 30.2 Å². The molecule has 0 spiro atoms. The summed E-state index contributed by atoms with van der Waals surface area (Å²) in [6.07, 6.45) is 2.70. The van der Waals surface area contributed by atoms with Crippen LogP contribution >= 0.6 is 0 Å². The summed E-state index contributed by atoms with van der Waals surface area (Å²) in [4.78, 5) is 15.8. The van der Waals surface area contributed by atoms with Crippen LogP contribution < -0.4 is 10.2 Å². The molecule has 102 valence electrons. The van der Waals surface area contributed by atoms with E-state index in [0.717, 1.165) is 6.08 Å². The Labute approximate surface area is 112 Å². The first-order valence-corrected chi connectivity index (χ1v) is 5.84. The van der Waals surface area contributed by atoms with Crippen LogP contribution in [-0.4, -0.2) is 24.3 Å². The fraction of sp³-hybridized carbons (Fsp3) is 0.214. The van der Waals surface area contributed by atoms with Gasteiger partial charge < -0.3 is 9.84 Å². The Balaban J connectivity index is 2.84. The highest BCUT2D eigenvalue weighted by molar-refractivity contribution is 5.89. The Morgan fingerprint density at radius 1 is 1.42 bits per heavy atom. The van der Waals surface area contributed by atoms with Gasteiger partial charge in [0.05, 0.1) is 12.3 Å². The summed E-state index contributed by atoms with van der Waals surface area (Å²) in [6.45, 7) is 6.22. The Hall–Kier alpha value is -2.27. The topological polar surface area (TPSA) is 67.8 Å². The summed E-state index contributed by atoms with van der Waals surface area (Å²) < 4.78 is 5.35. The molecule has 1 aromatic carbocycles. The molecule has 19 heavy (non-hydrogen) atoms. The first-order chi connectivity index (χ1) is 9.17. The van der Waals surface area contributed by atoms with Gasteiger partial charge in [0.25, 0.3) is 0 Å². The zero-order valence-corrected chi connectivity index (χ0v) is 10.8. The lowest BCUT2D eigenvalue weighted by Crippen LogP contribution is -2.14. The number of hydrogen-bond acceptors (Lipinski definition) is 4. The lowest BCUT2D eigenvalue weighted by Gasteiger charge is -2.10. The molecule has 0 saturated heterocycles. The monoisotopic (exact) mass is 263 g/mol. The molecule has 5 nitrogen and oxygen atoms in total. The van der Waals surface area contributed by atoms with Crippen molar-refractivity contribution in [3.8, 4) is 5.75 Å². The number of carboxylic acid groups (broad SMARTS) is 1. The number of hydrogen-bond donors (Lipinski definition) is 2. The number of benzene rings is 1. The van der Waals surface area contributed by atoms with Gasteiger partial charge in [0.2, 0.25) is 0 Å². The molecule has 0 atom stereocenters. The van der Waals surface area contributed by atoms with Crippen molar-refractivity contribution in [2.75, 3.05) is 13.2 Å². The zero-order chi connectivity index (χ0) is 14.1. The maximum absolute atomic E-state index is 10.7. The quantitative estimate of drug-likeness (QED) is 0.427. The van der Waals surface area contributed by atoms with Gasteiger partial charge in [-0.15, -0.1) is 0 Å². The van der Waals surface area contributed by atoms with Crippen molar-refractivity contribution in [2.45, 2.75) is 6.92 Å². The molecule has 0 aliphatic heterocycles. The molecular weight excluding hydrogens is 246 g/mol. The van der Waals surface area contributed by atoms with Crippen LogP contribution in [0.15, 0.2) is 43.0 Å². The molecule has 0 bridgehead atoms. The molecule has 0 aromatic heterocycles. The van der Waals surface area contributed by atoms with Gasteiger partial charge >= 0.3 is 5.97 Å². The summed E-state index contributed by atoms with van der Waals surface area (Å²) >= 11 is 0. The second-order valence-electron chi connectivity index (χ2n) is 3.56. The van der Waals surface area contributed by atoms with Crippen LogP contribution in [0, 0.1) is 0 Å². The maximum atomic E-state index is 10.7. The van der Waals surface area contributed by atoms with Crippen LogP contribution in [-0.2, 0) is 9.63 Å². The normalized spacial score (nSPS) is 10.9. The predicted molar refractivity (Wildman–Crippen MR) is 72.5 cm³/mol. The molecule has 0 fully saturated rings. The molecule has 2 N–H and O–H groups in total. The van der Waals surface area contributed by atoms with Crippen molar-refractivity contribution in [3.63, 3.8) is 0 Å². The SMILES string of the molecule is C=CCOc1ccc(C(=CC(=O)O)NOCC)cc1. The van der Waals surface area contributed by atoms with Crippen LogP contribution in [0.25, 0.3) is 5.70 Å². The van der Waals surface area contributed by atoms with Gasteiger partial charge in [0.1, 0.15) is 12.4 Å². The summed E-state index contributed by atoms with van der Waals surface area (Å²) in [5.74, 6) is -0.357. The predicted octanol–water partition coefficient (Wildman–Crippen LogP) is 2.22. The van der Waals surface area contributed by atoms with Crippen LogP contribution in [0.3, 0.4) is 0 Å². The third-order valence-corrected chi connectivity index (χ3v) is 2.13. The van der Waals surface area contributed by atoms with Crippen molar-refractivity contribution < 1.29 is 19.5 Å². The number of nitrogens with one attached hydrogen (secondary N) is 1. The minimum atomic E-state index is -1.05. The lowest BCUT2D eigenvalue weighted by atomic mass is 10.1. The van der Waals surface area contributed by atoms with Crippen molar-refractivity contribution in [1.82, 2.24) is 5.48 Å². The smallest absolute Gasteiger partial charge is 0.330 e. The average Bonchev–Trinajstić information content (AvgIpc) is 2.41. The molecule has 0 unspecified atom stereocenters. The van der Waals surface area contributed by atoms with Gasteiger partial charge in [-0.2, -0.15) is 0 Å². The minimum Gasteiger partial charge on any atom is -0.490 e. The van der Waals surface area contributed by atoms with Gasteiger partial charge in [-0.3, -0.25) is 10.3 Å². The molecule has 0 heterocycles. The standard InChI is InChI=1S/C14H17NO4/c1-3-9-18-12-7-5-11(6-8-12)13(10-14(16)17)15-19-4-2/h3,5-8,10,15H,1,4,9H2,2H3,(H,16,17). The van der Waals surface area contributed by atoms with Gasteiger partial charge in [-0.05, 0) is 31.2 Å². The fourth-order valence-corrected chi connectivity index (χ4v) is 1.33. The Morgan fingerprint density at radius 3 is 2.63 bits per heavy atom. The third-order valence-electron chi connectivity index (χ3n) is 2.13. The molecule has 0 aliphatic carbocycles. The number of carbonyl (C=O) groups is 1. The Bertz CT molecular complexity index is 451. The minimum absolute atomic E-state index is 0.379. The van der Waals surface area contributed by atoms with E-state index in [1.807, 2.05) is 0 Å². The summed E-state index contributed by atoms with van der Waals surface area (Å²) in [7, 11) is 0. The zero-order valence-electron chi connectivity index (χ0n) is 10.8. The van der Waals surface area contributed by atoms with E-state index in [1.54, 1.807) is 37.3 Å². The van der Waals surface area contributed by atoms with E-state index in [2.05, 4.69) is 12.1 Å². The second-order valence-corrected chi connectivity index (χ2v) is 3.56. The summed E-state index contributed by atoms with van der Waals surface area (Å²) in [5.41, 5.74) is 3.68. The number of rotatable bonds is 8. The van der Waals surface area contributed by atoms with E-state index in [9.17, 15) is 4.79 Å². The van der Waals surface area contributed by atoms with Gasteiger partial charge in [-0.25, -0.2) is 4.79 Å². The third kappa shape index (κ3) is 5.27. The molecular formula is C14H17NO4. The van der Waals surface area contributed by atoms with Crippen molar-refractivity contribution in [1.29, 1.82) is 0 Å². The number of carboxylic acids is 1. The van der Waals surface area contributed by atoms with Crippen LogP contribution in [0.4, 0.5) is 0 Å². The van der Waals surface area contributed by atoms with Gasteiger partial charge in [-0.1, -0.05) is 12.7 Å². The van der Waals surface area contributed by atoms with Crippen molar-refractivity contribution >= 4 is 11.7 Å². The molecule has 0 amide bonds. The molecule has 0 radical (unpaired) electrons. The van der Waals surface area contributed by atoms with E-state index in [-0.39, 0.29) is 0 Å². The van der Waals surface area contributed by atoms with Crippen LogP contribution in [0.5, 0.6) is 5.75 Å². The summed E-state index contributed by atoms with van der Waals surface area (Å²) in [6, 6.07) is 7.00. The van der Waals surface area contributed by atoms with E-state index in [4.69, 9.17) is 14.7 Å². The Morgan fingerprint density at radius 2 is 2.11 bits per heavy atom. The van der Waals surface area contributed by atoms with E-state index in [1.165, 1.54) is 0 Å². The van der Waals surface area contributed by atoms with Gasteiger partial charge in [0, 0.05) is 11.6 Å². The molecule has 0 saturated carbocycles. The van der Waals surface area contributed by atoms with Crippen molar-refractivity contribution in [2.24, 2.45) is 0 Å². The molecule has 5 heteroatoms. The van der Waals surface area contributed by atoms with E-state index < -0.39 is 5.97 Å². The molecule has 1 aromatic rings. The first-order valence-electron chi connectivity index (χ1n) is 5.84. The highest BCUT2D eigenvalue weighted by Crippen LogP contribution is 2.17. The highest BCUT2D eigenvalue weighted by atomic mass is 16.6. The van der Waals surface area contributed by atoms with Crippen LogP contribution in [0.2, 0.25) is 0 Å². The number of ether oxygens (including phenoxy) is 1. The number of hydroxylamine groups is 1. The first kappa shape index (κ1) is 14.8. The van der Waals surface area contributed by atoms with Crippen LogP contribution in [0.1, 0.15) is 12.5 Å². The lowest BCUT2D eigenvalue weighted by molar-refractivity contribution is -0.131. The second kappa shape index (κ2) is 7.94. The average molecular weight is 263 g/mol. The Kier molecular flexibility index (Phi) is 6.18. The summed E-state index contributed by atoms with van der Waals surface area (Å²) in [5, 5.41) is 8.81. The maximum Gasteiger partial charge on any atom is 0.330 e. The van der Waals surface area contributed by atoms with Crippen molar-refractivity contribution in [3.05, 3.63) is 48.6 Å². The molecule has 1 rings (SSSR count).